The van der Waals surface area contributed by atoms with Crippen LogP contribution < -0.4 is 19.3 Å². The van der Waals surface area contributed by atoms with Crippen molar-refractivity contribution in [2.24, 2.45) is 5.41 Å². The maximum Gasteiger partial charge on any atom is 0.263 e. The predicted octanol–water partition coefficient (Wildman–Crippen LogP) is 4.54. The highest BCUT2D eigenvalue weighted by Gasteiger charge is 2.32. The van der Waals surface area contributed by atoms with E-state index >= 15 is 0 Å². The lowest BCUT2D eigenvalue weighted by Gasteiger charge is -2.23. The van der Waals surface area contributed by atoms with Crippen molar-refractivity contribution in [2.45, 2.75) is 54.0 Å². The van der Waals surface area contributed by atoms with Crippen LogP contribution in [0.3, 0.4) is 0 Å². The highest BCUT2D eigenvalue weighted by Crippen LogP contribution is 2.32. The van der Waals surface area contributed by atoms with Gasteiger partial charge in [-0.1, -0.05) is 49.5 Å². The Balaban J connectivity index is 0.00000124. The molecule has 4 heteroatoms. The van der Waals surface area contributed by atoms with Gasteiger partial charge in [-0.2, -0.15) is 4.57 Å². The number of Topliss-reactive ketones (excluding diaryl/α,β-unsaturated/α-hetero) is 1. The number of ketones is 1. The number of rotatable bonds is 4. The fraction of sp³-hybridized carbons (Fsp3) is 0.385. The Morgan fingerprint density at radius 2 is 1.90 bits per heavy atom. The van der Waals surface area contributed by atoms with Crippen LogP contribution in [0.4, 0.5) is 5.69 Å². The number of allylic oxidation sites excluding steroid dienone is 2. The van der Waals surface area contributed by atoms with E-state index in [2.05, 4.69) is 71.3 Å². The largest absolute Gasteiger partial charge is 0.351 e. The summed E-state index contributed by atoms with van der Waals surface area (Å²) >= 11 is 1.82. The molecule has 0 saturated heterocycles. The number of thiazole rings is 1. The van der Waals surface area contributed by atoms with Gasteiger partial charge in [-0.3, -0.25) is 4.79 Å². The summed E-state index contributed by atoms with van der Waals surface area (Å²) in [4.78, 5) is 14.4. The molecule has 0 N–H and O–H groups in total. The van der Waals surface area contributed by atoms with E-state index in [4.69, 9.17) is 0 Å². The average Bonchev–Trinajstić information content (AvgIpc) is 3.08. The fourth-order valence-corrected chi connectivity index (χ4v) is 4.87. The number of benzene rings is 1. The first-order chi connectivity index (χ1) is 14.4. The lowest BCUT2D eigenvalue weighted by molar-refractivity contribution is -0.715. The van der Waals surface area contributed by atoms with Crippen molar-refractivity contribution >= 4 is 46.6 Å². The third kappa shape index (κ3) is 4.34. The van der Waals surface area contributed by atoms with Crippen LogP contribution in [0.1, 0.15) is 58.0 Å². The molecule has 1 aromatic heterocycles. The highest BCUT2D eigenvalue weighted by molar-refractivity contribution is 7.10. The first-order valence-corrected chi connectivity index (χ1v) is 11.6. The number of para-hydroxylation sites is 1. The predicted molar refractivity (Wildman–Crippen MR) is 130 cm³/mol. The molecule has 2 heterocycles. The zero-order valence-electron chi connectivity index (χ0n) is 19.0. The SMILES string of the molecule is CC.CC(=O)C(C)(C)C[n+]1c(/C=C2\C=CN(C)c3ccccc32)sc2c1=CCCC=2. The van der Waals surface area contributed by atoms with E-state index < -0.39 is 5.41 Å². The maximum atomic E-state index is 12.2. The van der Waals surface area contributed by atoms with Crippen LogP contribution in [-0.4, -0.2) is 12.8 Å². The number of hydrogen-bond donors (Lipinski definition) is 0. The third-order valence-corrected chi connectivity index (χ3v) is 6.86. The molecule has 0 bridgehead atoms. The fourth-order valence-electron chi connectivity index (χ4n) is 3.69. The molecule has 0 radical (unpaired) electrons. The summed E-state index contributed by atoms with van der Waals surface area (Å²) in [7, 11) is 2.08. The summed E-state index contributed by atoms with van der Waals surface area (Å²) in [6, 6.07) is 8.50. The number of carbonyl (C=O) groups excluding carboxylic acids is 1. The first-order valence-electron chi connectivity index (χ1n) is 10.8. The zero-order chi connectivity index (χ0) is 21.9. The van der Waals surface area contributed by atoms with Crippen LogP contribution in [-0.2, 0) is 11.3 Å². The molecule has 0 saturated carbocycles. The van der Waals surface area contributed by atoms with Crippen LogP contribution >= 0.6 is 11.3 Å². The lowest BCUT2D eigenvalue weighted by atomic mass is 9.89. The number of nitrogens with zero attached hydrogens (tertiary/aromatic N) is 2. The number of hydrogen-bond acceptors (Lipinski definition) is 3. The molecule has 4 rings (SSSR count). The molecule has 0 atom stereocenters. The van der Waals surface area contributed by atoms with Gasteiger partial charge in [0.25, 0.3) is 5.01 Å². The lowest BCUT2D eigenvalue weighted by Crippen LogP contribution is -2.58. The van der Waals surface area contributed by atoms with E-state index in [1.807, 2.05) is 39.0 Å². The van der Waals surface area contributed by atoms with Crippen molar-refractivity contribution in [1.82, 2.24) is 0 Å². The highest BCUT2D eigenvalue weighted by atomic mass is 32.1. The number of aromatic nitrogens is 1. The monoisotopic (exact) mass is 421 g/mol. The quantitative estimate of drug-likeness (QED) is 0.677. The van der Waals surface area contributed by atoms with Gasteiger partial charge in [0.1, 0.15) is 10.3 Å². The zero-order valence-corrected chi connectivity index (χ0v) is 19.8. The second-order valence-electron chi connectivity index (χ2n) is 8.25. The summed E-state index contributed by atoms with van der Waals surface area (Å²) < 4.78 is 3.67. The van der Waals surface area contributed by atoms with E-state index in [1.165, 1.54) is 31.7 Å². The van der Waals surface area contributed by atoms with Gasteiger partial charge in [0, 0.05) is 30.6 Å². The van der Waals surface area contributed by atoms with Gasteiger partial charge in [-0.05, 0) is 57.4 Å². The average molecular weight is 422 g/mol. The second kappa shape index (κ2) is 9.13. The van der Waals surface area contributed by atoms with Crippen molar-refractivity contribution in [3.8, 4) is 0 Å². The van der Waals surface area contributed by atoms with Crippen LogP contribution in [0.2, 0.25) is 0 Å². The minimum absolute atomic E-state index is 0.225. The van der Waals surface area contributed by atoms with Gasteiger partial charge in [-0.15, -0.1) is 0 Å². The van der Waals surface area contributed by atoms with E-state index in [0.29, 0.717) is 6.54 Å². The molecule has 1 aliphatic carbocycles. The van der Waals surface area contributed by atoms with Crippen LogP contribution in [0.25, 0.3) is 23.8 Å². The topological polar surface area (TPSA) is 24.2 Å². The Morgan fingerprint density at radius 3 is 2.63 bits per heavy atom. The van der Waals surface area contributed by atoms with Gasteiger partial charge in [0.05, 0.1) is 5.41 Å². The van der Waals surface area contributed by atoms with Crippen LogP contribution in [0.15, 0.2) is 36.5 Å². The van der Waals surface area contributed by atoms with Gasteiger partial charge >= 0.3 is 0 Å². The van der Waals surface area contributed by atoms with Crippen LogP contribution in [0.5, 0.6) is 0 Å². The maximum absolute atomic E-state index is 12.2. The third-order valence-electron chi connectivity index (χ3n) is 5.72. The molecule has 158 valence electrons. The summed E-state index contributed by atoms with van der Waals surface area (Å²) in [5, 5.41) is 2.47. The normalized spacial score (nSPS) is 16.1. The molecule has 2 aromatic rings. The van der Waals surface area contributed by atoms with Gasteiger partial charge < -0.3 is 4.90 Å². The van der Waals surface area contributed by atoms with E-state index in [-0.39, 0.29) is 5.78 Å². The minimum Gasteiger partial charge on any atom is -0.351 e. The molecule has 1 aliphatic heterocycles. The number of carbonyl (C=O) groups is 1. The van der Waals surface area contributed by atoms with E-state index in [1.54, 1.807) is 6.92 Å². The van der Waals surface area contributed by atoms with Gasteiger partial charge in [0.2, 0.25) is 5.35 Å². The van der Waals surface area contributed by atoms with Crippen molar-refractivity contribution in [1.29, 1.82) is 0 Å². The van der Waals surface area contributed by atoms with E-state index in [9.17, 15) is 4.79 Å². The summed E-state index contributed by atoms with van der Waals surface area (Å²) in [5.41, 5.74) is 3.27. The van der Waals surface area contributed by atoms with Gasteiger partial charge in [-0.25, -0.2) is 0 Å². The van der Waals surface area contributed by atoms with Gasteiger partial charge in [0.15, 0.2) is 6.54 Å². The van der Waals surface area contributed by atoms with E-state index in [0.717, 1.165) is 12.8 Å². The second-order valence-corrected chi connectivity index (χ2v) is 9.31. The molecule has 0 spiro atoms. The molecule has 1 aromatic carbocycles. The Kier molecular flexibility index (Phi) is 6.77. The van der Waals surface area contributed by atoms with Crippen molar-refractivity contribution in [3.05, 3.63) is 57.0 Å². The first kappa shape index (κ1) is 22.2. The Labute approximate surface area is 184 Å². The Hall–Kier alpha value is -2.46. The summed E-state index contributed by atoms with van der Waals surface area (Å²) in [6.45, 7) is 10.5. The van der Waals surface area contributed by atoms with Crippen molar-refractivity contribution < 1.29 is 9.36 Å². The molecule has 3 nitrogen and oxygen atoms in total. The standard InChI is InChI=1S/C24H27N2OS.C2H6/c1-17(27)24(2,3)16-26-21-11-7-8-12-22(21)28-23(26)15-18-13-14-25(4)20-10-6-5-9-19(18)20;1-2/h5-6,9-15H,7-8,16H2,1-4H3;1-2H3/q+1;. The number of anilines is 1. The number of fused-ring (bicyclic) bond motifs is 2. The molecular formula is C26H33N2OS+. The molecule has 0 unspecified atom stereocenters. The molecule has 0 amide bonds. The summed E-state index contributed by atoms with van der Waals surface area (Å²) in [5.74, 6) is 0.225. The minimum atomic E-state index is -0.390. The molecule has 2 aliphatic rings. The Bertz CT molecular complexity index is 1120. The van der Waals surface area contributed by atoms with Crippen molar-refractivity contribution in [3.63, 3.8) is 0 Å². The summed E-state index contributed by atoms with van der Waals surface area (Å²) in [6.07, 6.45) is 13.4. The van der Waals surface area contributed by atoms with Crippen LogP contribution in [0, 0.1) is 5.41 Å². The Morgan fingerprint density at radius 1 is 1.20 bits per heavy atom. The molecule has 0 fully saturated rings. The molecular weight excluding hydrogens is 388 g/mol. The molecule has 30 heavy (non-hydrogen) atoms. The van der Waals surface area contributed by atoms with Crippen molar-refractivity contribution in [2.75, 3.05) is 11.9 Å². The smallest absolute Gasteiger partial charge is 0.263 e.